The van der Waals surface area contributed by atoms with Crippen molar-refractivity contribution in [3.8, 4) is 0 Å². The normalized spacial score (nSPS) is 31.2. The highest BCUT2D eigenvalue weighted by Crippen LogP contribution is 2.31. The first-order valence-electron chi connectivity index (χ1n) is 6.70. The molecule has 1 heterocycles. The molecule has 2 rings (SSSR count). The zero-order valence-corrected chi connectivity index (χ0v) is 10.3. The molecule has 1 aliphatic heterocycles. The minimum Gasteiger partial charge on any atom is -0.340 e. The summed E-state index contributed by atoms with van der Waals surface area (Å²) in [7, 11) is 0. The van der Waals surface area contributed by atoms with E-state index in [2.05, 4.69) is 11.8 Å². The second kappa shape index (κ2) is 5.17. The minimum absolute atomic E-state index is 0.371. The van der Waals surface area contributed by atoms with Gasteiger partial charge in [-0.15, -0.1) is 0 Å². The van der Waals surface area contributed by atoms with Crippen molar-refractivity contribution in [2.45, 2.75) is 51.5 Å². The lowest BCUT2D eigenvalue weighted by Gasteiger charge is -2.39. The molecular weight excluding hydrogens is 200 g/mol. The van der Waals surface area contributed by atoms with Crippen LogP contribution in [0.4, 0.5) is 0 Å². The average molecular weight is 224 g/mol. The van der Waals surface area contributed by atoms with Crippen LogP contribution < -0.4 is 5.73 Å². The van der Waals surface area contributed by atoms with Crippen LogP contribution in [0.2, 0.25) is 0 Å². The van der Waals surface area contributed by atoms with Crippen LogP contribution in [0.5, 0.6) is 0 Å². The van der Waals surface area contributed by atoms with Gasteiger partial charge in [-0.1, -0.05) is 6.42 Å². The van der Waals surface area contributed by atoms with E-state index >= 15 is 0 Å². The molecule has 92 valence electrons. The van der Waals surface area contributed by atoms with Gasteiger partial charge in [0.05, 0.1) is 0 Å². The summed E-state index contributed by atoms with van der Waals surface area (Å²) in [5.41, 5.74) is 5.71. The Hall–Kier alpha value is -0.570. The smallest absolute Gasteiger partial charge is 0.223 e. The fourth-order valence-electron chi connectivity index (χ4n) is 2.78. The SMILES string of the molecule is CC1CCC(CN)CN1C(=O)CC1CCC1. The lowest BCUT2D eigenvalue weighted by molar-refractivity contribution is -0.137. The van der Waals surface area contributed by atoms with Crippen LogP contribution in [-0.4, -0.2) is 29.9 Å². The number of amides is 1. The van der Waals surface area contributed by atoms with Gasteiger partial charge in [0, 0.05) is 19.0 Å². The van der Waals surface area contributed by atoms with Crippen molar-refractivity contribution in [1.82, 2.24) is 4.90 Å². The Morgan fingerprint density at radius 2 is 2.00 bits per heavy atom. The standard InChI is InChI=1S/C13H24N2O/c1-10-5-6-12(8-14)9-15(10)13(16)7-11-3-2-4-11/h10-12H,2-9,14H2,1H3. The molecule has 0 aromatic rings. The fourth-order valence-corrected chi connectivity index (χ4v) is 2.78. The van der Waals surface area contributed by atoms with Crippen LogP contribution in [0.3, 0.4) is 0 Å². The first kappa shape index (κ1) is 11.9. The van der Waals surface area contributed by atoms with E-state index < -0.39 is 0 Å². The molecule has 2 fully saturated rings. The van der Waals surface area contributed by atoms with Gasteiger partial charge in [0.1, 0.15) is 0 Å². The molecule has 2 N–H and O–H groups in total. The zero-order valence-electron chi connectivity index (χ0n) is 10.3. The first-order valence-corrected chi connectivity index (χ1v) is 6.70. The number of carbonyl (C=O) groups is 1. The maximum atomic E-state index is 12.2. The van der Waals surface area contributed by atoms with Crippen molar-refractivity contribution in [1.29, 1.82) is 0 Å². The molecule has 1 amide bonds. The van der Waals surface area contributed by atoms with E-state index in [0.717, 1.165) is 25.9 Å². The monoisotopic (exact) mass is 224 g/mol. The lowest BCUT2D eigenvalue weighted by atomic mass is 9.82. The summed E-state index contributed by atoms with van der Waals surface area (Å²) in [6.07, 6.45) is 6.92. The molecule has 2 aliphatic rings. The molecule has 3 nitrogen and oxygen atoms in total. The molecule has 3 heteroatoms. The van der Waals surface area contributed by atoms with Crippen LogP contribution in [0, 0.1) is 11.8 Å². The highest BCUT2D eigenvalue weighted by Gasteiger charge is 2.30. The average Bonchev–Trinajstić information content (AvgIpc) is 2.24. The number of nitrogens with two attached hydrogens (primary N) is 1. The van der Waals surface area contributed by atoms with E-state index in [4.69, 9.17) is 5.73 Å². The van der Waals surface area contributed by atoms with Gasteiger partial charge >= 0.3 is 0 Å². The van der Waals surface area contributed by atoms with Gasteiger partial charge in [-0.3, -0.25) is 4.79 Å². The van der Waals surface area contributed by atoms with E-state index in [1.54, 1.807) is 0 Å². The molecule has 0 aromatic heterocycles. The van der Waals surface area contributed by atoms with Gasteiger partial charge in [0.25, 0.3) is 0 Å². The zero-order chi connectivity index (χ0) is 11.5. The van der Waals surface area contributed by atoms with E-state index in [0.29, 0.717) is 23.8 Å². The minimum atomic E-state index is 0.371. The predicted molar refractivity (Wildman–Crippen MR) is 64.9 cm³/mol. The quantitative estimate of drug-likeness (QED) is 0.794. The number of rotatable bonds is 3. The highest BCUT2D eigenvalue weighted by atomic mass is 16.2. The number of likely N-dealkylation sites (tertiary alicyclic amines) is 1. The first-order chi connectivity index (χ1) is 7.70. The summed E-state index contributed by atoms with van der Waals surface area (Å²) in [6, 6.07) is 0.426. The van der Waals surface area contributed by atoms with Gasteiger partial charge in [0.15, 0.2) is 0 Å². The molecule has 0 spiro atoms. The summed E-state index contributed by atoms with van der Waals surface area (Å²) in [6.45, 7) is 3.79. The second-order valence-corrected chi connectivity index (χ2v) is 5.58. The van der Waals surface area contributed by atoms with Crippen molar-refractivity contribution < 1.29 is 4.79 Å². The molecule has 2 atom stereocenters. The van der Waals surface area contributed by atoms with Gasteiger partial charge < -0.3 is 10.6 Å². The lowest BCUT2D eigenvalue weighted by Crippen LogP contribution is -2.47. The van der Waals surface area contributed by atoms with E-state index in [9.17, 15) is 4.79 Å². The van der Waals surface area contributed by atoms with Gasteiger partial charge in [-0.05, 0) is 51.0 Å². The second-order valence-electron chi connectivity index (χ2n) is 5.58. The van der Waals surface area contributed by atoms with Crippen molar-refractivity contribution in [2.24, 2.45) is 17.6 Å². The highest BCUT2D eigenvalue weighted by molar-refractivity contribution is 5.77. The third-order valence-electron chi connectivity index (χ3n) is 4.32. The molecular formula is C13H24N2O. The van der Waals surface area contributed by atoms with Crippen LogP contribution in [0.25, 0.3) is 0 Å². The van der Waals surface area contributed by atoms with Crippen molar-refractivity contribution in [3.05, 3.63) is 0 Å². The number of hydrogen-bond acceptors (Lipinski definition) is 2. The molecule has 1 saturated heterocycles. The topological polar surface area (TPSA) is 46.3 Å². The van der Waals surface area contributed by atoms with Gasteiger partial charge in [0.2, 0.25) is 5.91 Å². The number of hydrogen-bond donors (Lipinski definition) is 1. The molecule has 2 unspecified atom stereocenters. The summed E-state index contributed by atoms with van der Waals surface area (Å²) in [5.74, 6) is 1.58. The van der Waals surface area contributed by atoms with Crippen LogP contribution in [0.1, 0.15) is 45.4 Å². The Labute approximate surface area is 98.4 Å². The maximum Gasteiger partial charge on any atom is 0.223 e. The third-order valence-corrected chi connectivity index (χ3v) is 4.32. The van der Waals surface area contributed by atoms with E-state index in [1.165, 1.54) is 25.7 Å². The Balaban J connectivity index is 1.86. The van der Waals surface area contributed by atoms with Crippen molar-refractivity contribution in [3.63, 3.8) is 0 Å². The summed E-state index contributed by atoms with van der Waals surface area (Å²) >= 11 is 0. The Kier molecular flexibility index (Phi) is 3.85. The van der Waals surface area contributed by atoms with Crippen molar-refractivity contribution in [2.75, 3.05) is 13.1 Å². The van der Waals surface area contributed by atoms with Crippen molar-refractivity contribution >= 4 is 5.91 Å². The van der Waals surface area contributed by atoms with Crippen LogP contribution >= 0.6 is 0 Å². The van der Waals surface area contributed by atoms with Gasteiger partial charge in [-0.25, -0.2) is 0 Å². The number of piperidine rings is 1. The number of carbonyl (C=O) groups excluding carboxylic acids is 1. The van der Waals surface area contributed by atoms with E-state index in [1.807, 2.05) is 0 Å². The maximum absolute atomic E-state index is 12.2. The van der Waals surface area contributed by atoms with Gasteiger partial charge in [-0.2, -0.15) is 0 Å². The molecule has 1 saturated carbocycles. The molecule has 0 aromatic carbocycles. The Morgan fingerprint density at radius 3 is 2.56 bits per heavy atom. The predicted octanol–water partition coefficient (Wildman–Crippen LogP) is 1.76. The third kappa shape index (κ3) is 2.57. The Bertz CT molecular complexity index is 250. The largest absolute Gasteiger partial charge is 0.340 e. The Morgan fingerprint density at radius 1 is 1.25 bits per heavy atom. The molecule has 1 aliphatic carbocycles. The van der Waals surface area contributed by atoms with E-state index in [-0.39, 0.29) is 0 Å². The fraction of sp³-hybridized carbons (Fsp3) is 0.923. The van der Waals surface area contributed by atoms with Crippen LogP contribution in [-0.2, 0) is 4.79 Å². The molecule has 16 heavy (non-hydrogen) atoms. The molecule has 0 radical (unpaired) electrons. The number of nitrogens with zero attached hydrogens (tertiary/aromatic N) is 1. The van der Waals surface area contributed by atoms with Crippen LogP contribution in [0.15, 0.2) is 0 Å². The summed E-state index contributed by atoms with van der Waals surface area (Å²) in [5, 5.41) is 0. The molecule has 0 bridgehead atoms. The summed E-state index contributed by atoms with van der Waals surface area (Å²) in [4.78, 5) is 14.2. The summed E-state index contributed by atoms with van der Waals surface area (Å²) < 4.78 is 0.